The highest BCUT2D eigenvalue weighted by molar-refractivity contribution is 6.14. The molecular weight excluding hydrogens is 558 g/mol. The fourth-order valence-electron chi connectivity index (χ4n) is 7.31. The molecule has 2 aliphatic carbocycles. The van der Waals surface area contributed by atoms with Gasteiger partial charge < -0.3 is 5.32 Å². The molecule has 0 aromatic heterocycles. The topological polar surface area (TPSA) is 88.8 Å². The molecule has 6 rings (SSSR count). The van der Waals surface area contributed by atoms with Crippen LogP contribution in [0.25, 0.3) is 0 Å². The van der Waals surface area contributed by atoms with Crippen LogP contribution in [0.5, 0.6) is 0 Å². The highest BCUT2D eigenvalue weighted by Crippen LogP contribution is 2.43. The van der Waals surface area contributed by atoms with Gasteiger partial charge in [-0.15, -0.1) is 0 Å². The summed E-state index contributed by atoms with van der Waals surface area (Å²) in [6.07, 6.45) is 8.89. The first-order valence-electron chi connectivity index (χ1n) is 16.6. The first-order chi connectivity index (χ1) is 21.9. The molecule has 1 heterocycles. The van der Waals surface area contributed by atoms with Crippen LogP contribution in [0.2, 0.25) is 0 Å². The number of para-hydroxylation sites is 1. The zero-order valence-corrected chi connectivity index (χ0v) is 26.4. The maximum absolute atomic E-state index is 14.7. The molecule has 3 amide bonds. The SMILES string of the molecule is CC(C)CC(=O)Nc1ccc(N2C(=O)N(C3CCC(C#N)(c4ccccc4)CC3)N=C(C3CCCCC3)c3ccccc32)cc1. The maximum atomic E-state index is 14.7. The van der Waals surface area contributed by atoms with Gasteiger partial charge in [0.05, 0.1) is 34.6 Å². The molecule has 2 saturated carbocycles. The fourth-order valence-corrected chi connectivity index (χ4v) is 7.31. The van der Waals surface area contributed by atoms with Crippen molar-refractivity contribution >= 4 is 34.7 Å². The molecule has 1 N–H and O–H groups in total. The molecule has 0 radical (unpaired) electrons. The summed E-state index contributed by atoms with van der Waals surface area (Å²) in [6.45, 7) is 4.05. The number of hydrogen-bond acceptors (Lipinski definition) is 4. The number of anilines is 3. The second-order valence-corrected chi connectivity index (χ2v) is 13.3. The van der Waals surface area contributed by atoms with Crippen LogP contribution in [-0.4, -0.2) is 28.7 Å². The van der Waals surface area contributed by atoms with Crippen LogP contribution < -0.4 is 10.2 Å². The van der Waals surface area contributed by atoms with Crippen molar-refractivity contribution in [2.24, 2.45) is 16.9 Å². The lowest BCUT2D eigenvalue weighted by Crippen LogP contribution is -2.46. The van der Waals surface area contributed by atoms with E-state index in [1.54, 1.807) is 9.91 Å². The van der Waals surface area contributed by atoms with E-state index in [0.29, 0.717) is 43.7 Å². The van der Waals surface area contributed by atoms with Crippen LogP contribution in [-0.2, 0) is 10.2 Å². The zero-order chi connectivity index (χ0) is 31.4. The van der Waals surface area contributed by atoms with Gasteiger partial charge >= 0.3 is 6.03 Å². The van der Waals surface area contributed by atoms with Crippen LogP contribution in [0, 0.1) is 23.2 Å². The summed E-state index contributed by atoms with van der Waals surface area (Å²) < 4.78 is 0. The predicted molar refractivity (Wildman–Crippen MR) is 179 cm³/mol. The lowest BCUT2D eigenvalue weighted by molar-refractivity contribution is -0.116. The molecule has 7 nitrogen and oxygen atoms in total. The highest BCUT2D eigenvalue weighted by Gasteiger charge is 2.43. The van der Waals surface area contributed by atoms with Crippen molar-refractivity contribution in [1.82, 2.24) is 5.01 Å². The van der Waals surface area contributed by atoms with E-state index >= 15 is 0 Å². The standard InChI is InChI=1S/C38H43N5O2/c1-27(2)25-35(44)40-30-17-19-31(20-18-30)42-34-16-10-9-15-33(34)36(28-11-5-3-6-12-28)41-43(37(42)45)32-21-23-38(26-39,24-22-32)29-13-7-4-8-14-29/h4,7-10,13-20,27-28,32H,3,5-6,11-12,21-25H2,1-2H3,(H,40,44). The van der Waals surface area contributed by atoms with E-state index in [0.717, 1.165) is 41.1 Å². The first-order valence-corrected chi connectivity index (χ1v) is 16.6. The van der Waals surface area contributed by atoms with Gasteiger partial charge in [0.15, 0.2) is 0 Å². The summed E-state index contributed by atoms with van der Waals surface area (Å²) in [5.41, 5.74) is 4.76. The number of nitrogens with zero attached hydrogens (tertiary/aromatic N) is 4. The Kier molecular flexibility index (Phi) is 9.02. The number of carbonyl (C=O) groups excluding carboxylic acids is 2. The number of carbonyl (C=O) groups is 2. The van der Waals surface area contributed by atoms with E-state index in [4.69, 9.17) is 5.10 Å². The first kappa shape index (κ1) is 30.6. The van der Waals surface area contributed by atoms with Gasteiger partial charge in [-0.1, -0.05) is 81.6 Å². The highest BCUT2D eigenvalue weighted by atomic mass is 16.2. The Bertz CT molecular complexity index is 1580. The van der Waals surface area contributed by atoms with Crippen molar-refractivity contribution < 1.29 is 9.59 Å². The Hall–Kier alpha value is -4.44. The third-order valence-corrected chi connectivity index (χ3v) is 9.71. The molecule has 0 spiro atoms. The van der Waals surface area contributed by atoms with Crippen molar-refractivity contribution in [3.63, 3.8) is 0 Å². The third-order valence-electron chi connectivity index (χ3n) is 9.71. The number of hydrazone groups is 1. The number of urea groups is 1. The molecule has 1 aliphatic heterocycles. The lowest BCUT2D eigenvalue weighted by atomic mass is 9.69. The van der Waals surface area contributed by atoms with E-state index in [-0.39, 0.29) is 23.9 Å². The minimum atomic E-state index is -0.555. The molecule has 7 heteroatoms. The number of nitriles is 1. The van der Waals surface area contributed by atoms with Crippen molar-refractivity contribution in [3.05, 3.63) is 90.0 Å². The van der Waals surface area contributed by atoms with Crippen LogP contribution in [0.15, 0.2) is 84.0 Å². The number of hydrogen-bond donors (Lipinski definition) is 1. The van der Waals surface area contributed by atoms with E-state index in [1.165, 1.54) is 19.3 Å². The largest absolute Gasteiger partial charge is 0.349 e. The molecule has 0 atom stereocenters. The van der Waals surface area contributed by atoms with Gasteiger partial charge in [0.1, 0.15) is 0 Å². The van der Waals surface area contributed by atoms with E-state index in [1.807, 2.05) is 86.6 Å². The summed E-state index contributed by atoms with van der Waals surface area (Å²) in [6, 6.07) is 28.1. The molecular formula is C38H43N5O2. The maximum Gasteiger partial charge on any atom is 0.349 e. The summed E-state index contributed by atoms with van der Waals surface area (Å²) in [4.78, 5) is 28.9. The summed E-state index contributed by atoms with van der Waals surface area (Å²) >= 11 is 0. The van der Waals surface area contributed by atoms with Crippen LogP contribution in [0.1, 0.15) is 89.2 Å². The molecule has 2 fully saturated rings. The second kappa shape index (κ2) is 13.3. The van der Waals surface area contributed by atoms with Crippen molar-refractivity contribution in [2.75, 3.05) is 10.2 Å². The Morgan fingerprint density at radius 2 is 1.60 bits per heavy atom. The van der Waals surface area contributed by atoms with E-state index < -0.39 is 5.41 Å². The Morgan fingerprint density at radius 1 is 0.933 bits per heavy atom. The van der Waals surface area contributed by atoms with E-state index in [9.17, 15) is 14.9 Å². The van der Waals surface area contributed by atoms with Gasteiger partial charge in [-0.05, 0) is 80.3 Å². The molecule has 0 bridgehead atoms. The van der Waals surface area contributed by atoms with Crippen molar-refractivity contribution in [3.8, 4) is 6.07 Å². The average molecular weight is 602 g/mol. The minimum Gasteiger partial charge on any atom is -0.326 e. The number of fused-ring (bicyclic) bond motifs is 1. The molecule has 232 valence electrons. The summed E-state index contributed by atoms with van der Waals surface area (Å²) in [5.74, 6) is 0.539. The van der Waals surface area contributed by atoms with Gasteiger partial charge in [-0.2, -0.15) is 10.4 Å². The Morgan fingerprint density at radius 3 is 2.27 bits per heavy atom. The zero-order valence-electron chi connectivity index (χ0n) is 26.4. The lowest BCUT2D eigenvalue weighted by Gasteiger charge is -2.39. The van der Waals surface area contributed by atoms with Crippen molar-refractivity contribution in [2.45, 2.75) is 89.5 Å². The average Bonchev–Trinajstić information content (AvgIpc) is 3.19. The number of rotatable bonds is 7. The molecule has 3 aromatic carbocycles. The fraction of sp³-hybridized carbons (Fsp3) is 0.421. The third kappa shape index (κ3) is 6.38. The molecule has 45 heavy (non-hydrogen) atoms. The predicted octanol–water partition coefficient (Wildman–Crippen LogP) is 8.93. The minimum absolute atomic E-state index is 0.0214. The second-order valence-electron chi connectivity index (χ2n) is 13.3. The quantitative estimate of drug-likeness (QED) is 0.293. The summed E-state index contributed by atoms with van der Waals surface area (Å²) in [7, 11) is 0. The van der Waals surface area contributed by atoms with Gasteiger partial charge in [0, 0.05) is 23.6 Å². The molecule has 3 aromatic rings. The molecule has 3 aliphatic rings. The number of amides is 3. The monoisotopic (exact) mass is 601 g/mol. The van der Waals surface area contributed by atoms with Gasteiger partial charge in [-0.3, -0.25) is 9.69 Å². The van der Waals surface area contributed by atoms with Crippen molar-refractivity contribution in [1.29, 1.82) is 5.26 Å². The normalized spacial score (nSPS) is 22.3. The smallest absolute Gasteiger partial charge is 0.326 e. The molecule has 0 saturated heterocycles. The summed E-state index contributed by atoms with van der Waals surface area (Å²) in [5, 5.41) is 20.3. The van der Waals surface area contributed by atoms with Gasteiger partial charge in [0.25, 0.3) is 0 Å². The van der Waals surface area contributed by atoms with E-state index in [2.05, 4.69) is 17.5 Å². The van der Waals surface area contributed by atoms with Gasteiger partial charge in [-0.25, -0.2) is 9.80 Å². The molecule has 0 unspecified atom stereocenters. The Balaban J connectivity index is 1.36. The van der Waals surface area contributed by atoms with Crippen LogP contribution >= 0.6 is 0 Å². The van der Waals surface area contributed by atoms with Crippen LogP contribution in [0.4, 0.5) is 21.9 Å². The van der Waals surface area contributed by atoms with Gasteiger partial charge in [0.2, 0.25) is 5.91 Å². The van der Waals surface area contributed by atoms with Crippen LogP contribution in [0.3, 0.4) is 0 Å². The number of benzene rings is 3. The number of nitrogens with one attached hydrogen (secondary N) is 1. The Labute approximate surface area is 266 Å².